The highest BCUT2D eigenvalue weighted by Gasteiger charge is 2.38. The Kier molecular flexibility index (Phi) is 8.93. The number of ether oxygens (including phenoxy) is 1. The lowest BCUT2D eigenvalue weighted by atomic mass is 10.2. The summed E-state index contributed by atoms with van der Waals surface area (Å²) < 4.78 is 21.1. The molecule has 15 heavy (non-hydrogen) atoms. The van der Waals surface area contributed by atoms with Crippen LogP contribution in [0.5, 0.6) is 0 Å². The van der Waals surface area contributed by atoms with Crippen LogP contribution < -0.4 is 0 Å². The largest absolute Gasteiger partial charge is 0.527 e. The first-order valence-electron chi connectivity index (χ1n) is 5.08. The van der Waals surface area contributed by atoms with E-state index in [1.54, 1.807) is 21.3 Å². The summed E-state index contributed by atoms with van der Waals surface area (Å²) in [6.45, 7) is 4.37. The van der Waals surface area contributed by atoms with Crippen molar-refractivity contribution >= 4 is 8.80 Å². The van der Waals surface area contributed by atoms with Gasteiger partial charge in [0.2, 0.25) is 0 Å². The van der Waals surface area contributed by atoms with Gasteiger partial charge in [0.25, 0.3) is 0 Å². The van der Waals surface area contributed by atoms with E-state index in [2.05, 4.69) is 6.58 Å². The van der Waals surface area contributed by atoms with Gasteiger partial charge in [0.05, 0.1) is 0 Å². The van der Waals surface area contributed by atoms with Gasteiger partial charge in [0.1, 0.15) is 6.23 Å². The number of unbranched alkanes of at least 4 members (excludes halogenated alkanes) is 2. The van der Waals surface area contributed by atoms with E-state index < -0.39 is 8.80 Å². The molecule has 0 rings (SSSR count). The van der Waals surface area contributed by atoms with Crippen molar-refractivity contribution in [1.82, 2.24) is 0 Å². The minimum atomic E-state index is -2.53. The molecule has 4 nitrogen and oxygen atoms in total. The predicted molar refractivity (Wildman–Crippen MR) is 61.6 cm³/mol. The summed E-state index contributed by atoms with van der Waals surface area (Å²) in [6.07, 6.45) is 5.48. The van der Waals surface area contributed by atoms with E-state index in [1.165, 1.54) is 0 Å². The second-order valence-electron chi connectivity index (χ2n) is 3.13. The number of hydrogen-bond donors (Lipinski definition) is 0. The third-order valence-corrected chi connectivity index (χ3v) is 4.58. The number of allylic oxidation sites excluding steroid dienone is 1. The molecule has 0 saturated heterocycles. The van der Waals surface area contributed by atoms with Gasteiger partial charge >= 0.3 is 8.80 Å². The summed E-state index contributed by atoms with van der Waals surface area (Å²) in [7, 11) is 2.22. The van der Waals surface area contributed by atoms with Crippen LogP contribution in [0.4, 0.5) is 0 Å². The normalized spacial score (nSPS) is 11.7. The molecule has 0 aliphatic carbocycles. The Hall–Kier alpha value is -0.203. The quantitative estimate of drug-likeness (QED) is 0.328. The first kappa shape index (κ1) is 14.8. The van der Waals surface area contributed by atoms with Gasteiger partial charge < -0.3 is 18.0 Å². The lowest BCUT2D eigenvalue weighted by Gasteiger charge is -2.23. The van der Waals surface area contributed by atoms with Crippen LogP contribution in [0.2, 0.25) is 0 Å². The van der Waals surface area contributed by atoms with Gasteiger partial charge in [0, 0.05) is 27.9 Å². The van der Waals surface area contributed by atoms with E-state index in [0.29, 0.717) is 12.8 Å². The molecule has 0 aromatic carbocycles. The van der Waals surface area contributed by atoms with Crippen LogP contribution in [-0.2, 0) is 18.0 Å². The maximum absolute atomic E-state index is 5.47. The highest BCUT2D eigenvalue weighted by atomic mass is 28.4. The number of hydrogen-bond acceptors (Lipinski definition) is 4. The van der Waals surface area contributed by atoms with Crippen LogP contribution in [0, 0.1) is 0 Å². The summed E-state index contributed by atoms with van der Waals surface area (Å²) in [5.41, 5.74) is 0. The van der Waals surface area contributed by atoms with Crippen molar-refractivity contribution in [3.8, 4) is 0 Å². The summed E-state index contributed by atoms with van der Waals surface area (Å²) in [4.78, 5) is 0. The molecule has 0 spiro atoms. The summed E-state index contributed by atoms with van der Waals surface area (Å²) in [5.74, 6) is 0. The molecule has 0 aromatic heterocycles. The van der Waals surface area contributed by atoms with Crippen molar-refractivity contribution in [2.24, 2.45) is 0 Å². The van der Waals surface area contributed by atoms with E-state index in [-0.39, 0.29) is 0 Å². The lowest BCUT2D eigenvalue weighted by Crippen LogP contribution is -2.48. The first-order valence-corrected chi connectivity index (χ1v) is 7.02. The van der Waals surface area contributed by atoms with Crippen LogP contribution >= 0.6 is 0 Å². The van der Waals surface area contributed by atoms with E-state index in [4.69, 9.17) is 18.0 Å². The van der Waals surface area contributed by atoms with E-state index >= 15 is 0 Å². The molecule has 0 aliphatic rings. The summed E-state index contributed by atoms with van der Waals surface area (Å²) in [6, 6.07) is 0. The third kappa shape index (κ3) is 6.06. The van der Waals surface area contributed by atoms with Gasteiger partial charge in [-0.1, -0.05) is 6.08 Å². The molecule has 0 radical (unpaired) electrons. The Bertz CT molecular complexity index is 151. The Morgan fingerprint density at radius 1 is 1.07 bits per heavy atom. The minimum Gasteiger partial charge on any atom is -0.377 e. The van der Waals surface area contributed by atoms with E-state index in [9.17, 15) is 0 Å². The molecule has 0 N–H and O–H groups in total. The van der Waals surface area contributed by atoms with Crippen LogP contribution in [-0.4, -0.2) is 43.0 Å². The zero-order valence-corrected chi connectivity index (χ0v) is 11.0. The maximum atomic E-state index is 5.47. The highest BCUT2D eigenvalue weighted by molar-refractivity contribution is 6.60. The van der Waals surface area contributed by atoms with Gasteiger partial charge in [-0.2, -0.15) is 0 Å². The van der Waals surface area contributed by atoms with Crippen LogP contribution in [0.1, 0.15) is 19.3 Å². The van der Waals surface area contributed by atoms with E-state index in [0.717, 1.165) is 19.3 Å². The maximum Gasteiger partial charge on any atom is 0.527 e. The fraction of sp³-hybridized carbons (Fsp3) is 0.800. The third-order valence-electron chi connectivity index (χ3n) is 2.16. The zero-order valence-electron chi connectivity index (χ0n) is 9.95. The average molecular weight is 234 g/mol. The van der Waals surface area contributed by atoms with Crippen LogP contribution in [0.3, 0.4) is 0 Å². The number of rotatable bonds is 10. The van der Waals surface area contributed by atoms with Crippen molar-refractivity contribution in [2.45, 2.75) is 19.3 Å². The summed E-state index contributed by atoms with van der Waals surface area (Å²) >= 11 is 0. The molecule has 0 aliphatic heterocycles. The van der Waals surface area contributed by atoms with Crippen LogP contribution in [0.15, 0.2) is 12.7 Å². The minimum absolute atomic E-state index is 0.407. The smallest absolute Gasteiger partial charge is 0.377 e. The Labute approximate surface area is 93.5 Å². The van der Waals surface area contributed by atoms with Crippen molar-refractivity contribution in [2.75, 3.05) is 34.2 Å². The Morgan fingerprint density at radius 2 is 1.67 bits per heavy atom. The topological polar surface area (TPSA) is 36.9 Å². The second kappa shape index (κ2) is 9.05. The highest BCUT2D eigenvalue weighted by Crippen LogP contribution is 2.07. The molecule has 0 unspecified atom stereocenters. The van der Waals surface area contributed by atoms with Crippen LogP contribution in [0.25, 0.3) is 0 Å². The molecule has 90 valence electrons. The molecule has 0 atom stereocenters. The Morgan fingerprint density at radius 3 is 2.13 bits per heavy atom. The van der Waals surface area contributed by atoms with E-state index in [1.807, 2.05) is 6.08 Å². The molecule has 0 fully saturated rings. The lowest BCUT2D eigenvalue weighted by molar-refractivity contribution is 0.0624. The first-order chi connectivity index (χ1) is 7.24. The van der Waals surface area contributed by atoms with Crippen molar-refractivity contribution < 1.29 is 18.0 Å². The SMILES string of the molecule is C=CCCCCOC[Si](OC)(OC)OC. The molecule has 0 saturated carbocycles. The van der Waals surface area contributed by atoms with Gasteiger partial charge in [0.15, 0.2) is 0 Å². The standard InChI is InChI=1S/C10H22O4Si/c1-5-6-7-8-9-14-10-15(11-2,12-3)13-4/h5H,1,6-10H2,2-4H3. The Balaban J connectivity index is 3.58. The average Bonchev–Trinajstić information content (AvgIpc) is 2.29. The van der Waals surface area contributed by atoms with Crippen molar-refractivity contribution in [3.63, 3.8) is 0 Å². The van der Waals surface area contributed by atoms with Gasteiger partial charge in [-0.05, 0) is 19.3 Å². The molecule has 0 aromatic rings. The van der Waals surface area contributed by atoms with Crippen molar-refractivity contribution in [1.29, 1.82) is 0 Å². The molecular weight excluding hydrogens is 212 g/mol. The summed E-state index contributed by atoms with van der Waals surface area (Å²) in [5, 5.41) is 0. The fourth-order valence-electron chi connectivity index (χ4n) is 1.12. The predicted octanol–water partition coefficient (Wildman–Crippen LogP) is 1.78. The molecule has 0 heterocycles. The molecular formula is C10H22O4Si. The van der Waals surface area contributed by atoms with Gasteiger partial charge in [-0.3, -0.25) is 0 Å². The molecule has 0 amide bonds. The second-order valence-corrected chi connectivity index (χ2v) is 6.01. The van der Waals surface area contributed by atoms with Gasteiger partial charge in [-0.25, -0.2) is 0 Å². The molecule has 0 bridgehead atoms. The van der Waals surface area contributed by atoms with Crippen molar-refractivity contribution in [3.05, 3.63) is 12.7 Å². The fourth-order valence-corrected chi connectivity index (χ4v) is 2.36. The zero-order chi connectivity index (χ0) is 11.6. The van der Waals surface area contributed by atoms with Gasteiger partial charge in [-0.15, -0.1) is 6.58 Å². The molecule has 5 heteroatoms. The monoisotopic (exact) mass is 234 g/mol.